The zero-order chi connectivity index (χ0) is 38.5. The number of hydrogen-bond acceptors (Lipinski definition) is 10. The van der Waals surface area contributed by atoms with Crippen LogP contribution >= 0.6 is 11.6 Å². The highest BCUT2D eigenvalue weighted by Gasteiger charge is 2.17. The topological polar surface area (TPSA) is 127 Å². The van der Waals surface area contributed by atoms with Crippen molar-refractivity contribution in [1.82, 2.24) is 56.4 Å². The normalized spacial score (nSPS) is 33.7. The van der Waals surface area contributed by atoms with Gasteiger partial charge in [0.1, 0.15) is 0 Å². The molecule has 6 rings (SSSR count). The van der Waals surface area contributed by atoms with Gasteiger partial charge in [-0.15, -0.1) is 0 Å². The average molecular weight is 513 g/mol. The van der Waals surface area contributed by atoms with Gasteiger partial charge in [0.2, 0.25) is 11.2 Å². The highest BCUT2D eigenvalue weighted by atomic mass is 35.5. The van der Waals surface area contributed by atoms with Gasteiger partial charge in [0.15, 0.2) is 0 Å². The standard InChI is InChI=1S/C11H14N6.C7H5ClN4.C4H10N2/c1-2-4-10(5-3-1)17-11(13-14-15-17)16-8-6-12-7-9-16;8-7-9-10-11-12(7)6-4-2-1-3-5-6;1-2-6-4-3-5-1/h1-5,12H,6-9H2;1-5H;5-6H,1-4H2/i6D2,7D2,8D2,9D2;;1D2,2D2,3D2,4D2. The lowest BCUT2D eigenvalue weighted by atomic mass is 10.3. The Morgan fingerprint density at radius 3 is 1.69 bits per heavy atom. The van der Waals surface area contributed by atoms with E-state index in [2.05, 4.69) is 31.1 Å². The van der Waals surface area contributed by atoms with Crippen LogP contribution in [0.3, 0.4) is 0 Å². The maximum Gasteiger partial charge on any atom is 0.250 e. The summed E-state index contributed by atoms with van der Waals surface area (Å²) in [5, 5.41) is 26.8. The Morgan fingerprint density at radius 2 is 1.14 bits per heavy atom. The Kier molecular flexibility index (Phi) is 4.43. The van der Waals surface area contributed by atoms with E-state index < -0.39 is 57.9 Å². The molecule has 184 valence electrons. The summed E-state index contributed by atoms with van der Waals surface area (Å²) in [6, 6.07) is 17.7. The number of rotatable bonds is 3. The molecule has 2 aromatic carbocycles. The predicted molar refractivity (Wildman–Crippen MR) is 134 cm³/mol. The number of para-hydroxylation sites is 2. The number of tetrazole rings is 2. The Balaban J connectivity index is 0.000000189. The third kappa shape index (κ3) is 7.26. The van der Waals surface area contributed by atoms with Gasteiger partial charge in [0.05, 0.1) is 16.9 Å². The first-order chi connectivity index (χ1) is 23.2. The molecule has 0 aliphatic carbocycles. The van der Waals surface area contributed by atoms with Crippen LogP contribution in [0, 0.1) is 0 Å². The van der Waals surface area contributed by atoms with E-state index in [0.29, 0.717) is 10.6 Å². The molecular formula is C22H29ClN12. The molecule has 2 aromatic heterocycles. The smallest absolute Gasteiger partial charge is 0.250 e. The molecule has 0 unspecified atom stereocenters. The first kappa shape index (κ1) is 11.5. The zero-order valence-corrected chi connectivity index (χ0v) is 18.4. The van der Waals surface area contributed by atoms with Crippen molar-refractivity contribution >= 4 is 17.5 Å². The molecule has 0 saturated carbocycles. The van der Waals surface area contributed by atoms with E-state index in [9.17, 15) is 0 Å². The number of piperazine rings is 2. The Morgan fingerprint density at radius 1 is 0.657 bits per heavy atom. The molecule has 2 saturated heterocycles. The van der Waals surface area contributed by atoms with Crippen LogP contribution in [0.4, 0.5) is 5.95 Å². The van der Waals surface area contributed by atoms with E-state index in [1.807, 2.05) is 30.3 Å². The van der Waals surface area contributed by atoms with Crippen LogP contribution in [0.2, 0.25) is 5.28 Å². The summed E-state index contributed by atoms with van der Waals surface area (Å²) >= 11 is 5.70. The Bertz CT molecular complexity index is 1710. The molecule has 0 spiro atoms. The van der Waals surface area contributed by atoms with Crippen molar-refractivity contribution in [1.29, 1.82) is 0 Å². The lowest BCUT2D eigenvalue weighted by Gasteiger charge is -2.27. The fourth-order valence-corrected chi connectivity index (χ4v) is 2.64. The van der Waals surface area contributed by atoms with Crippen LogP contribution in [0.5, 0.6) is 0 Å². The van der Waals surface area contributed by atoms with Crippen LogP contribution in [-0.2, 0) is 0 Å². The van der Waals surface area contributed by atoms with Crippen molar-refractivity contribution in [2.75, 3.05) is 56.9 Å². The van der Waals surface area contributed by atoms with Gasteiger partial charge in [-0.25, -0.2) is 0 Å². The van der Waals surface area contributed by atoms with Gasteiger partial charge in [0.25, 0.3) is 0 Å². The second-order valence-corrected chi connectivity index (χ2v) is 6.44. The van der Waals surface area contributed by atoms with Gasteiger partial charge >= 0.3 is 0 Å². The second kappa shape index (κ2) is 13.4. The maximum atomic E-state index is 8.09. The molecular weight excluding hydrogens is 468 g/mol. The molecule has 12 nitrogen and oxygen atoms in total. The molecule has 35 heavy (non-hydrogen) atoms. The summed E-state index contributed by atoms with van der Waals surface area (Å²) in [6.45, 7) is -22.5. The summed E-state index contributed by atoms with van der Waals surface area (Å²) < 4.78 is 124. The summed E-state index contributed by atoms with van der Waals surface area (Å²) in [5.41, 5.74) is 1.24. The summed E-state index contributed by atoms with van der Waals surface area (Å²) in [7, 11) is 0. The van der Waals surface area contributed by atoms with Crippen LogP contribution in [0.1, 0.15) is 21.9 Å². The first-order valence-electron chi connectivity index (χ1n) is 17.7. The van der Waals surface area contributed by atoms with Crippen molar-refractivity contribution in [3.8, 4) is 11.4 Å². The molecule has 13 heteroatoms. The van der Waals surface area contributed by atoms with E-state index in [4.69, 9.17) is 33.5 Å². The largest absolute Gasteiger partial charge is 0.337 e. The molecule has 4 aromatic rings. The third-order valence-electron chi connectivity index (χ3n) is 3.92. The molecule has 0 radical (unpaired) electrons. The summed E-state index contributed by atoms with van der Waals surface area (Å²) in [4.78, 5) is 0.295. The van der Waals surface area contributed by atoms with E-state index in [0.717, 1.165) is 10.4 Å². The fraction of sp³-hybridized carbons (Fsp3) is 0.364. The Labute approximate surface area is 231 Å². The van der Waals surface area contributed by atoms with Gasteiger partial charge in [-0.3, -0.25) is 0 Å². The minimum Gasteiger partial charge on any atom is -0.337 e. The van der Waals surface area contributed by atoms with Gasteiger partial charge in [0, 0.05) is 68.4 Å². The second-order valence-electron chi connectivity index (χ2n) is 6.11. The van der Waals surface area contributed by atoms with Gasteiger partial charge < -0.3 is 20.9 Å². The molecule has 3 N–H and O–H groups in total. The van der Waals surface area contributed by atoms with Crippen molar-refractivity contribution < 1.29 is 21.9 Å². The first-order valence-corrected chi connectivity index (χ1v) is 10.1. The zero-order valence-electron chi connectivity index (χ0n) is 33.7. The lowest BCUT2D eigenvalue weighted by molar-refractivity contribution is 0.534. The number of nitrogens with zero attached hydrogens (tertiary/aromatic N) is 9. The summed E-state index contributed by atoms with van der Waals surface area (Å²) in [6.07, 6.45) is 0. The number of halogens is 1. The monoisotopic (exact) mass is 512 g/mol. The Hall–Kier alpha value is -3.45. The SMILES string of the molecule is Clc1nnnn1-c1ccccc1.[2H]C1([2H])NC([2H])([2H])C([2H])([2H])N(c2nnnn2-c2ccccc2)C1([2H])[2H].[2H]C1([2H])NC([2H])([2H])C([2H])([2H])NC1([2H])[2H]. The van der Waals surface area contributed by atoms with E-state index in [1.165, 1.54) is 4.68 Å². The van der Waals surface area contributed by atoms with Crippen molar-refractivity contribution in [2.24, 2.45) is 0 Å². The van der Waals surface area contributed by atoms with Crippen LogP contribution in [0.25, 0.3) is 11.4 Å². The van der Waals surface area contributed by atoms with Crippen LogP contribution < -0.4 is 20.9 Å². The van der Waals surface area contributed by atoms with Crippen LogP contribution in [0.15, 0.2) is 60.7 Å². The van der Waals surface area contributed by atoms with Crippen molar-refractivity contribution in [2.45, 2.75) is 0 Å². The van der Waals surface area contributed by atoms with Gasteiger partial charge in [-0.05, 0) is 56.7 Å². The van der Waals surface area contributed by atoms with Gasteiger partial charge in [-0.2, -0.15) is 9.36 Å². The van der Waals surface area contributed by atoms with Crippen molar-refractivity contribution in [3.05, 3.63) is 65.9 Å². The molecule has 0 bridgehead atoms. The molecule has 4 heterocycles. The average Bonchev–Trinajstić information content (AvgIpc) is 3.65. The third-order valence-corrected chi connectivity index (χ3v) is 4.16. The predicted octanol–water partition coefficient (Wildman–Crippen LogP) is 0.567. The van der Waals surface area contributed by atoms with Gasteiger partial charge in [-0.1, -0.05) is 46.6 Å². The minimum atomic E-state index is -3.00. The number of aromatic nitrogens is 8. The quantitative estimate of drug-likeness (QED) is 0.358. The molecule has 0 amide bonds. The number of nitrogens with one attached hydrogen (secondary N) is 3. The number of benzene rings is 2. The number of anilines is 1. The highest BCUT2D eigenvalue weighted by Crippen LogP contribution is 2.15. The van der Waals surface area contributed by atoms with E-state index in [-0.39, 0.29) is 5.28 Å². The molecule has 2 aliphatic rings. The lowest BCUT2D eigenvalue weighted by Crippen LogP contribution is -2.44. The minimum absolute atomic E-state index is 0.265. The molecule has 0 atom stereocenters. The maximum absolute atomic E-state index is 8.09. The fourth-order valence-electron chi connectivity index (χ4n) is 2.48. The molecule has 2 fully saturated rings. The highest BCUT2D eigenvalue weighted by molar-refractivity contribution is 6.28. The number of hydrogen-bond donors (Lipinski definition) is 3. The van der Waals surface area contributed by atoms with E-state index >= 15 is 0 Å². The van der Waals surface area contributed by atoms with E-state index in [1.54, 1.807) is 46.3 Å². The molecule has 2 aliphatic heterocycles. The van der Waals surface area contributed by atoms with Crippen molar-refractivity contribution in [3.63, 3.8) is 0 Å². The summed E-state index contributed by atoms with van der Waals surface area (Å²) in [5.74, 6) is -0.463. The van der Waals surface area contributed by atoms with Crippen LogP contribution in [-0.4, -0.2) is 92.4 Å².